The number of halogens is 3. The van der Waals surface area contributed by atoms with Gasteiger partial charge in [-0.15, -0.1) is 0 Å². The van der Waals surface area contributed by atoms with Gasteiger partial charge in [0.1, 0.15) is 17.0 Å². The Morgan fingerprint density at radius 1 is 1.09 bits per heavy atom. The van der Waals surface area contributed by atoms with Gasteiger partial charge in [0.15, 0.2) is 5.58 Å². The molecule has 2 unspecified atom stereocenters. The molecule has 3 saturated carbocycles. The average molecular weight is 656 g/mol. The van der Waals surface area contributed by atoms with Gasteiger partial charge in [-0.1, -0.05) is 23.4 Å². The van der Waals surface area contributed by atoms with Crippen molar-refractivity contribution in [1.29, 1.82) is 0 Å². The molecule has 2 saturated heterocycles. The number of nitrogens with zero attached hydrogens (tertiary/aromatic N) is 3. The van der Waals surface area contributed by atoms with Crippen molar-refractivity contribution in [3.63, 3.8) is 0 Å². The Hall–Kier alpha value is -3.91. The highest BCUT2D eigenvalue weighted by Crippen LogP contribution is 2.47. The molecular weight excluding hydrogens is 623 g/mol. The van der Waals surface area contributed by atoms with Crippen LogP contribution in [0, 0.1) is 0 Å². The van der Waals surface area contributed by atoms with Gasteiger partial charge in [0.25, 0.3) is 11.9 Å². The highest BCUT2D eigenvalue weighted by Gasteiger charge is 2.51. The van der Waals surface area contributed by atoms with Crippen molar-refractivity contribution < 1.29 is 35.3 Å². The smallest absolute Gasteiger partial charge is 0.417 e. The van der Waals surface area contributed by atoms with E-state index in [0.717, 1.165) is 38.2 Å². The number of rotatable bonds is 9. The van der Waals surface area contributed by atoms with Gasteiger partial charge in [0, 0.05) is 47.3 Å². The third-order valence-corrected chi connectivity index (χ3v) is 12.1. The summed E-state index contributed by atoms with van der Waals surface area (Å²) in [4.78, 5) is 19.5. The van der Waals surface area contributed by atoms with E-state index in [4.69, 9.17) is 8.94 Å². The van der Waals surface area contributed by atoms with Crippen molar-refractivity contribution in [3.8, 4) is 11.3 Å². The molecular formula is C32H32F3N5O5S. The number of carbonyl (C=O) groups excluding carboxylic acids is 1. The van der Waals surface area contributed by atoms with Crippen LogP contribution in [0.5, 0.6) is 0 Å². The van der Waals surface area contributed by atoms with Crippen molar-refractivity contribution in [1.82, 2.24) is 20.2 Å². The lowest BCUT2D eigenvalue weighted by Gasteiger charge is -2.54. The highest BCUT2D eigenvalue weighted by molar-refractivity contribution is 7.91. The topological polar surface area (TPSA) is 131 Å². The van der Waals surface area contributed by atoms with Crippen molar-refractivity contribution in [3.05, 3.63) is 64.9 Å². The first-order chi connectivity index (χ1) is 21.9. The van der Waals surface area contributed by atoms with Crippen molar-refractivity contribution in [2.24, 2.45) is 0 Å². The van der Waals surface area contributed by atoms with Crippen LogP contribution in [0.4, 0.5) is 19.2 Å². The first-order valence-corrected chi connectivity index (χ1v) is 17.0. The van der Waals surface area contributed by atoms with Crippen LogP contribution in [0.1, 0.15) is 85.0 Å². The molecule has 46 heavy (non-hydrogen) atoms. The number of benzene rings is 2. The number of sulfonamides is 1. The summed E-state index contributed by atoms with van der Waals surface area (Å²) < 4.78 is 79.5. The number of aromatic nitrogens is 2. The predicted molar refractivity (Wildman–Crippen MR) is 161 cm³/mol. The summed E-state index contributed by atoms with van der Waals surface area (Å²) in [5, 5.41) is 7.71. The Labute approximate surface area is 262 Å². The molecule has 242 valence electrons. The maximum atomic E-state index is 13.8. The number of nitrogens with one attached hydrogen (secondary N) is 2. The molecule has 10 nitrogen and oxygen atoms in total. The lowest BCUT2D eigenvalue weighted by atomic mass is 9.77. The molecule has 1 amide bonds. The van der Waals surface area contributed by atoms with Gasteiger partial charge in [-0.25, -0.2) is 13.1 Å². The zero-order chi connectivity index (χ0) is 32.0. The Balaban J connectivity index is 0.956. The lowest BCUT2D eigenvalue weighted by molar-refractivity contribution is -0.137. The fourth-order valence-electron chi connectivity index (χ4n) is 6.82. The first kappa shape index (κ1) is 29.5. The zero-order valence-corrected chi connectivity index (χ0v) is 25.7. The maximum Gasteiger partial charge on any atom is 0.417 e. The van der Waals surface area contributed by atoms with Gasteiger partial charge < -0.3 is 19.2 Å². The van der Waals surface area contributed by atoms with Crippen LogP contribution >= 0.6 is 0 Å². The second-order valence-corrected chi connectivity index (χ2v) is 15.5. The minimum atomic E-state index is -4.51. The van der Waals surface area contributed by atoms with E-state index in [1.807, 2.05) is 0 Å². The van der Waals surface area contributed by atoms with Crippen LogP contribution in [0.15, 0.2) is 51.4 Å². The average Bonchev–Trinajstić information content (AvgIpc) is 3.92. The molecule has 4 heterocycles. The molecule has 5 fully saturated rings. The van der Waals surface area contributed by atoms with E-state index in [1.54, 1.807) is 19.1 Å². The van der Waals surface area contributed by atoms with E-state index in [0.29, 0.717) is 47.8 Å². The number of hydrogen-bond acceptors (Lipinski definition) is 9. The molecule has 2 aromatic heterocycles. The number of fused-ring (bicyclic) bond motifs is 3. The summed E-state index contributed by atoms with van der Waals surface area (Å²) in [6.07, 6.45) is 0.938. The van der Waals surface area contributed by atoms with Gasteiger partial charge >= 0.3 is 6.18 Å². The second-order valence-electron chi connectivity index (χ2n) is 13.3. The minimum absolute atomic E-state index is 0.0236. The molecule has 0 radical (unpaired) electrons. The number of oxazole rings is 1. The molecule has 4 aromatic rings. The van der Waals surface area contributed by atoms with Crippen LogP contribution in [-0.2, 0) is 22.7 Å². The van der Waals surface area contributed by atoms with Crippen LogP contribution in [-0.4, -0.2) is 47.3 Å². The lowest BCUT2D eigenvalue weighted by Crippen LogP contribution is -2.64. The normalized spacial score (nSPS) is 23.7. The Kier molecular flexibility index (Phi) is 6.60. The van der Waals surface area contributed by atoms with Crippen LogP contribution < -0.4 is 14.9 Å². The SMILES string of the molecule is CC1(S(=O)(=O)NC(=O)c2ccc3nc(N4C5CC(NCc6c(-c7ccccc7C(F)(F)F)noc6C6CC6)CC4C5)oc3c2)CC1. The molecule has 2 aliphatic heterocycles. The van der Waals surface area contributed by atoms with E-state index in [2.05, 4.69) is 25.1 Å². The maximum absolute atomic E-state index is 13.8. The van der Waals surface area contributed by atoms with Gasteiger partial charge in [-0.3, -0.25) is 4.79 Å². The molecule has 2 bridgehead atoms. The number of piperidine rings is 1. The Morgan fingerprint density at radius 3 is 2.52 bits per heavy atom. The summed E-state index contributed by atoms with van der Waals surface area (Å²) >= 11 is 0. The van der Waals surface area contributed by atoms with Gasteiger partial charge in [-0.05, 0) is 76.1 Å². The van der Waals surface area contributed by atoms with Crippen molar-refractivity contribution in [2.45, 2.75) is 93.4 Å². The standard InChI is InChI=1S/C32H32F3N5O5S/c1-31(10-11-31)46(42,43)39-29(41)18-8-9-25-26(12-18)44-30(37-25)40-20-13-19(14-21(40)15-20)36-16-23-27(38-45-28(23)17-6-7-17)22-4-2-3-5-24(22)32(33,34)35/h2-5,8-9,12,17,19-21,36H,6-7,10-11,13-16H2,1H3,(H,39,41). The monoisotopic (exact) mass is 655 g/mol. The number of alkyl halides is 3. The van der Waals surface area contributed by atoms with Crippen LogP contribution in [0.25, 0.3) is 22.4 Å². The molecule has 2 N–H and O–H groups in total. The molecule has 14 heteroatoms. The third-order valence-electron chi connectivity index (χ3n) is 9.96. The Morgan fingerprint density at radius 2 is 1.83 bits per heavy atom. The summed E-state index contributed by atoms with van der Waals surface area (Å²) in [7, 11) is -3.77. The third kappa shape index (κ3) is 5.05. The van der Waals surface area contributed by atoms with Gasteiger partial charge in [-0.2, -0.15) is 18.2 Å². The largest absolute Gasteiger partial charge is 0.423 e. The molecule has 3 aliphatic carbocycles. The second kappa shape index (κ2) is 10.3. The van der Waals surface area contributed by atoms with Crippen molar-refractivity contribution in [2.75, 3.05) is 4.90 Å². The molecule has 9 rings (SSSR count). The van der Waals surface area contributed by atoms with E-state index >= 15 is 0 Å². The fourth-order valence-corrected chi connectivity index (χ4v) is 8.07. The van der Waals surface area contributed by atoms with Crippen LogP contribution in [0.3, 0.4) is 0 Å². The van der Waals surface area contributed by atoms with Gasteiger partial charge in [0.2, 0.25) is 10.0 Å². The quantitative estimate of drug-likeness (QED) is 0.227. The number of amides is 1. The van der Waals surface area contributed by atoms with E-state index in [-0.39, 0.29) is 40.9 Å². The Bertz CT molecular complexity index is 1950. The first-order valence-electron chi connectivity index (χ1n) is 15.5. The number of hydrogen-bond donors (Lipinski definition) is 2. The summed E-state index contributed by atoms with van der Waals surface area (Å²) in [6.45, 7) is 1.97. The minimum Gasteiger partial charge on any atom is -0.423 e. The van der Waals surface area contributed by atoms with E-state index in [1.165, 1.54) is 24.3 Å². The van der Waals surface area contributed by atoms with E-state index in [9.17, 15) is 26.4 Å². The van der Waals surface area contributed by atoms with Gasteiger partial charge in [0.05, 0.1) is 10.3 Å². The fraction of sp³-hybridized carbons (Fsp3) is 0.469. The highest BCUT2D eigenvalue weighted by atomic mass is 32.2. The van der Waals surface area contributed by atoms with Crippen molar-refractivity contribution >= 4 is 33.0 Å². The summed E-state index contributed by atoms with van der Waals surface area (Å²) in [5.74, 6) is 0.148. The molecule has 0 spiro atoms. The van der Waals surface area contributed by atoms with E-state index < -0.39 is 32.4 Å². The number of carbonyl (C=O) groups is 1. The number of anilines is 1. The van der Waals surface area contributed by atoms with Crippen LogP contribution in [0.2, 0.25) is 0 Å². The molecule has 2 atom stereocenters. The predicted octanol–water partition coefficient (Wildman–Crippen LogP) is 5.89. The summed E-state index contributed by atoms with van der Waals surface area (Å²) in [6, 6.07) is 11.1. The zero-order valence-electron chi connectivity index (χ0n) is 24.9. The molecule has 5 aliphatic rings. The molecule has 2 aromatic carbocycles. The summed E-state index contributed by atoms with van der Waals surface area (Å²) in [5.41, 5.74) is 1.35.